The highest BCUT2D eigenvalue weighted by molar-refractivity contribution is 8.76. The Bertz CT molecular complexity index is 225. The lowest BCUT2D eigenvalue weighted by Gasteiger charge is -1.98. The molecular weight excluding hydrogens is 174 g/mol. The van der Waals surface area contributed by atoms with E-state index in [1.165, 1.54) is 5.69 Å². The van der Waals surface area contributed by atoms with Crippen molar-refractivity contribution in [3.63, 3.8) is 0 Å². The van der Waals surface area contributed by atoms with Gasteiger partial charge in [-0.3, -0.25) is 4.98 Å². The summed E-state index contributed by atoms with van der Waals surface area (Å²) < 4.78 is 0. The Kier molecular flexibility index (Phi) is 3.80. The molecule has 0 amide bonds. The first kappa shape index (κ1) is 8.94. The number of aromatic nitrogens is 1. The van der Waals surface area contributed by atoms with Gasteiger partial charge in [0.15, 0.2) is 0 Å². The molecule has 0 aromatic carbocycles. The molecule has 0 radical (unpaired) electrons. The molecule has 0 aliphatic carbocycles. The highest BCUT2D eigenvalue weighted by Crippen LogP contribution is 2.21. The lowest BCUT2D eigenvalue weighted by atomic mass is 10.3. The number of pyridine rings is 1. The average molecular weight is 185 g/mol. The van der Waals surface area contributed by atoms with Gasteiger partial charge in [-0.05, 0) is 25.3 Å². The minimum atomic E-state index is 1.00. The Morgan fingerprint density at radius 2 is 2.27 bits per heavy atom. The minimum Gasteiger partial charge on any atom is -0.257 e. The van der Waals surface area contributed by atoms with E-state index in [9.17, 15) is 0 Å². The molecule has 0 saturated heterocycles. The number of hydrogen-bond donors (Lipinski definition) is 0. The smallest absolute Gasteiger partial charge is 0.0514 e. The fourth-order valence-corrected chi connectivity index (χ4v) is 1.91. The maximum atomic E-state index is 4.38. The predicted octanol–water partition coefficient (Wildman–Crippen LogP) is 2.90. The fraction of sp³-hybridized carbons (Fsp3) is 0.375. The number of rotatable bonds is 3. The van der Waals surface area contributed by atoms with Crippen LogP contribution in [0.25, 0.3) is 0 Å². The first-order valence-corrected chi connectivity index (χ1v) is 6.14. The largest absolute Gasteiger partial charge is 0.257 e. The number of nitrogens with zero attached hydrogens (tertiary/aromatic N) is 1. The van der Waals surface area contributed by atoms with Crippen LogP contribution in [-0.2, 0) is 5.75 Å². The molecule has 1 nitrogen and oxygen atoms in total. The van der Waals surface area contributed by atoms with Gasteiger partial charge in [-0.1, -0.05) is 27.7 Å². The molecule has 3 heteroatoms. The highest BCUT2D eigenvalue weighted by Gasteiger charge is 1.93. The van der Waals surface area contributed by atoms with Crippen molar-refractivity contribution in [2.24, 2.45) is 0 Å². The minimum absolute atomic E-state index is 1.00. The second kappa shape index (κ2) is 4.67. The van der Waals surface area contributed by atoms with Crippen LogP contribution in [0.4, 0.5) is 0 Å². The lowest BCUT2D eigenvalue weighted by Crippen LogP contribution is -1.87. The molecule has 0 fully saturated rings. The molecular formula is C8H11NS2. The first-order chi connectivity index (χ1) is 5.33. The lowest BCUT2D eigenvalue weighted by molar-refractivity contribution is 1.11. The van der Waals surface area contributed by atoms with Crippen LogP contribution >= 0.6 is 21.6 Å². The van der Waals surface area contributed by atoms with Gasteiger partial charge < -0.3 is 0 Å². The molecule has 0 spiro atoms. The van der Waals surface area contributed by atoms with Gasteiger partial charge >= 0.3 is 0 Å². The van der Waals surface area contributed by atoms with Crippen LogP contribution in [-0.4, -0.2) is 11.2 Å². The van der Waals surface area contributed by atoms with E-state index in [1.54, 1.807) is 10.8 Å². The van der Waals surface area contributed by atoms with Crippen LogP contribution in [0.5, 0.6) is 0 Å². The van der Waals surface area contributed by atoms with Crippen molar-refractivity contribution in [2.45, 2.75) is 12.7 Å². The molecule has 1 rings (SSSR count). The van der Waals surface area contributed by atoms with Crippen LogP contribution in [0.1, 0.15) is 11.4 Å². The second-order valence-electron chi connectivity index (χ2n) is 2.20. The zero-order valence-electron chi connectivity index (χ0n) is 6.70. The quantitative estimate of drug-likeness (QED) is 0.672. The Morgan fingerprint density at radius 1 is 1.45 bits per heavy atom. The fourth-order valence-electron chi connectivity index (χ4n) is 0.799. The summed E-state index contributed by atoms with van der Waals surface area (Å²) in [5.41, 5.74) is 2.27. The van der Waals surface area contributed by atoms with Crippen LogP contribution < -0.4 is 0 Å². The van der Waals surface area contributed by atoms with E-state index in [0.717, 1.165) is 11.4 Å². The molecule has 11 heavy (non-hydrogen) atoms. The third-order valence-corrected chi connectivity index (χ3v) is 2.98. The molecule has 1 aromatic rings. The number of aryl methyl sites for hydroxylation is 1. The first-order valence-electron chi connectivity index (χ1n) is 3.41. The summed E-state index contributed by atoms with van der Waals surface area (Å²) in [5.74, 6) is 1.00. The Hall–Kier alpha value is -0.150. The van der Waals surface area contributed by atoms with Gasteiger partial charge in [-0.2, -0.15) is 0 Å². The summed E-state index contributed by atoms with van der Waals surface area (Å²) in [6, 6.07) is 6.14. The zero-order chi connectivity index (χ0) is 8.10. The summed E-state index contributed by atoms with van der Waals surface area (Å²) >= 11 is 0. The van der Waals surface area contributed by atoms with Gasteiger partial charge in [-0.15, -0.1) is 0 Å². The molecule has 1 heterocycles. The monoisotopic (exact) mass is 185 g/mol. The van der Waals surface area contributed by atoms with E-state index in [-0.39, 0.29) is 0 Å². The molecule has 60 valence electrons. The van der Waals surface area contributed by atoms with E-state index in [4.69, 9.17) is 0 Å². The van der Waals surface area contributed by atoms with Gasteiger partial charge in [0, 0.05) is 11.4 Å². The summed E-state index contributed by atoms with van der Waals surface area (Å²) in [6.07, 6.45) is 2.08. The Morgan fingerprint density at radius 3 is 2.91 bits per heavy atom. The maximum Gasteiger partial charge on any atom is 0.0514 e. The van der Waals surface area contributed by atoms with Crippen molar-refractivity contribution in [3.05, 3.63) is 29.6 Å². The molecule has 1 aromatic heterocycles. The topological polar surface area (TPSA) is 12.9 Å². The van der Waals surface area contributed by atoms with E-state index in [2.05, 4.69) is 23.4 Å². The van der Waals surface area contributed by atoms with E-state index < -0.39 is 0 Å². The Labute approximate surface area is 75.4 Å². The SMILES string of the molecule is CSSCc1cccc(C)n1. The third kappa shape index (κ3) is 3.16. The van der Waals surface area contributed by atoms with E-state index in [0.29, 0.717) is 0 Å². The highest BCUT2D eigenvalue weighted by atomic mass is 33.1. The van der Waals surface area contributed by atoms with Crippen LogP contribution in [0.3, 0.4) is 0 Å². The van der Waals surface area contributed by atoms with Crippen LogP contribution in [0.2, 0.25) is 0 Å². The molecule has 0 unspecified atom stereocenters. The third-order valence-electron chi connectivity index (χ3n) is 1.27. The molecule has 0 saturated carbocycles. The van der Waals surface area contributed by atoms with Gasteiger partial charge in [0.25, 0.3) is 0 Å². The molecule has 0 atom stereocenters. The van der Waals surface area contributed by atoms with Crippen molar-refractivity contribution in [3.8, 4) is 0 Å². The van der Waals surface area contributed by atoms with Gasteiger partial charge in [-0.25, -0.2) is 0 Å². The van der Waals surface area contributed by atoms with Crippen molar-refractivity contribution in [1.82, 2.24) is 4.98 Å². The molecule has 0 N–H and O–H groups in total. The Balaban J connectivity index is 2.56. The number of hydrogen-bond acceptors (Lipinski definition) is 3. The standard InChI is InChI=1S/C8H11NS2/c1-7-4-3-5-8(9-7)6-11-10-2/h3-5H,6H2,1-2H3. The van der Waals surface area contributed by atoms with Gasteiger partial charge in [0.2, 0.25) is 0 Å². The normalized spacial score (nSPS) is 10.0. The predicted molar refractivity (Wildman–Crippen MR) is 53.8 cm³/mol. The van der Waals surface area contributed by atoms with Crippen LogP contribution in [0.15, 0.2) is 18.2 Å². The van der Waals surface area contributed by atoms with Crippen LogP contribution in [0, 0.1) is 6.92 Å². The summed E-state index contributed by atoms with van der Waals surface area (Å²) in [7, 11) is 3.60. The summed E-state index contributed by atoms with van der Waals surface area (Å²) in [6.45, 7) is 2.02. The van der Waals surface area contributed by atoms with Gasteiger partial charge in [0.1, 0.15) is 0 Å². The molecule has 0 bridgehead atoms. The summed E-state index contributed by atoms with van der Waals surface area (Å²) in [4.78, 5) is 4.38. The van der Waals surface area contributed by atoms with E-state index in [1.807, 2.05) is 23.8 Å². The van der Waals surface area contributed by atoms with Crippen molar-refractivity contribution in [2.75, 3.05) is 6.26 Å². The summed E-state index contributed by atoms with van der Waals surface area (Å²) in [5, 5.41) is 0. The molecule has 0 aliphatic heterocycles. The average Bonchev–Trinajstić information content (AvgIpc) is 2.01. The maximum absolute atomic E-state index is 4.38. The van der Waals surface area contributed by atoms with Gasteiger partial charge in [0.05, 0.1) is 5.69 Å². The molecule has 0 aliphatic rings. The zero-order valence-corrected chi connectivity index (χ0v) is 8.34. The van der Waals surface area contributed by atoms with Crippen molar-refractivity contribution < 1.29 is 0 Å². The van der Waals surface area contributed by atoms with Crippen molar-refractivity contribution >= 4 is 21.6 Å². The second-order valence-corrected chi connectivity index (χ2v) is 4.76. The van der Waals surface area contributed by atoms with Crippen molar-refractivity contribution in [1.29, 1.82) is 0 Å². The van der Waals surface area contributed by atoms with E-state index >= 15 is 0 Å².